The van der Waals surface area contributed by atoms with Crippen LogP contribution in [0.5, 0.6) is 0 Å². The third-order valence-electron chi connectivity index (χ3n) is 1.72. The van der Waals surface area contributed by atoms with Crippen LogP contribution in [-0.4, -0.2) is 13.0 Å². The molecule has 0 aliphatic heterocycles. The molecule has 0 bridgehead atoms. The van der Waals surface area contributed by atoms with E-state index < -0.39 is 14.8 Å². The van der Waals surface area contributed by atoms with E-state index in [1.54, 1.807) is 18.2 Å². The summed E-state index contributed by atoms with van der Waals surface area (Å²) in [6.45, 7) is 3.52. The van der Waals surface area contributed by atoms with Crippen molar-refractivity contribution in [1.29, 1.82) is 0 Å². The molecule has 14 heavy (non-hydrogen) atoms. The molecule has 3 nitrogen and oxygen atoms in total. The number of rotatable bonds is 3. The molecule has 0 saturated heterocycles. The molecule has 0 saturated carbocycles. The second kappa shape index (κ2) is 4.13. The summed E-state index contributed by atoms with van der Waals surface area (Å²) >= 11 is 5.58. The Bertz CT molecular complexity index is 439. The molecular weight excluding hydrogens is 224 g/mol. The van der Waals surface area contributed by atoms with Crippen LogP contribution in [0.3, 0.4) is 0 Å². The Morgan fingerprint density at radius 1 is 1.43 bits per heavy atom. The van der Waals surface area contributed by atoms with Crippen molar-refractivity contribution < 1.29 is 13.0 Å². The van der Waals surface area contributed by atoms with Gasteiger partial charge in [0.15, 0.2) is 4.71 Å². The lowest BCUT2D eigenvalue weighted by Crippen LogP contribution is -2.07. The van der Waals surface area contributed by atoms with Crippen molar-refractivity contribution in [2.45, 2.75) is 4.71 Å². The van der Waals surface area contributed by atoms with E-state index in [9.17, 15) is 8.42 Å². The van der Waals surface area contributed by atoms with Gasteiger partial charge in [-0.05, 0) is 11.1 Å². The maximum absolute atomic E-state index is 10.8. The Hall–Kier alpha value is -0.840. The molecular formula is C9H9ClO3S. The van der Waals surface area contributed by atoms with Gasteiger partial charge >= 0.3 is 0 Å². The summed E-state index contributed by atoms with van der Waals surface area (Å²) in [4.78, 5) is 0. The first-order chi connectivity index (χ1) is 6.46. The molecule has 1 aromatic carbocycles. The largest absolute Gasteiger partial charge is 0.286 e. The van der Waals surface area contributed by atoms with E-state index >= 15 is 0 Å². The van der Waals surface area contributed by atoms with Crippen LogP contribution in [-0.2, 0) is 10.1 Å². The predicted octanol–water partition coefficient (Wildman–Crippen LogP) is 2.45. The fourth-order valence-electron chi connectivity index (χ4n) is 1.06. The van der Waals surface area contributed by atoms with Crippen LogP contribution >= 0.6 is 11.6 Å². The Balaban J connectivity index is 3.26. The van der Waals surface area contributed by atoms with Gasteiger partial charge in [-0.3, -0.25) is 4.55 Å². The monoisotopic (exact) mass is 232 g/mol. The average molecular weight is 233 g/mol. The normalized spacial score (nSPS) is 13.6. The molecule has 1 rings (SSSR count). The zero-order valence-corrected chi connectivity index (χ0v) is 8.79. The Morgan fingerprint density at radius 3 is 2.50 bits per heavy atom. The number of hydrogen-bond donors (Lipinski definition) is 1. The van der Waals surface area contributed by atoms with Crippen LogP contribution in [0, 0.1) is 0 Å². The summed E-state index contributed by atoms with van der Waals surface area (Å²) in [6.07, 6.45) is 1.48. The highest BCUT2D eigenvalue weighted by Crippen LogP contribution is 2.28. The van der Waals surface area contributed by atoms with Gasteiger partial charge in [-0.1, -0.05) is 48.5 Å². The maximum atomic E-state index is 10.8. The van der Waals surface area contributed by atoms with E-state index in [1.807, 2.05) is 0 Å². The Kier molecular flexibility index (Phi) is 3.31. The molecule has 0 amide bonds. The number of hydrogen-bond acceptors (Lipinski definition) is 2. The van der Waals surface area contributed by atoms with E-state index in [1.165, 1.54) is 12.1 Å². The highest BCUT2D eigenvalue weighted by Gasteiger charge is 2.23. The van der Waals surface area contributed by atoms with E-state index in [-0.39, 0.29) is 0 Å². The summed E-state index contributed by atoms with van der Waals surface area (Å²) < 4.78 is 28.9. The van der Waals surface area contributed by atoms with Crippen molar-refractivity contribution in [3.05, 3.63) is 42.0 Å². The van der Waals surface area contributed by atoms with Crippen LogP contribution in [0.15, 0.2) is 30.8 Å². The molecule has 1 atom stereocenters. The van der Waals surface area contributed by atoms with Crippen LogP contribution in [0.4, 0.5) is 0 Å². The molecule has 0 heterocycles. The molecule has 0 fully saturated rings. The molecule has 5 heteroatoms. The fraction of sp³-hybridized carbons (Fsp3) is 0.111. The van der Waals surface area contributed by atoms with Gasteiger partial charge in [-0.2, -0.15) is 8.42 Å². The third kappa shape index (κ3) is 2.35. The quantitative estimate of drug-likeness (QED) is 0.643. The lowest BCUT2D eigenvalue weighted by atomic mass is 10.1. The Morgan fingerprint density at radius 2 is 2.00 bits per heavy atom. The first-order valence-electron chi connectivity index (χ1n) is 3.78. The first-order valence-corrected chi connectivity index (χ1v) is 5.72. The highest BCUT2D eigenvalue weighted by molar-refractivity contribution is 7.87. The second-order valence-corrected chi connectivity index (χ2v) is 4.86. The predicted molar refractivity (Wildman–Crippen MR) is 56.7 cm³/mol. The van der Waals surface area contributed by atoms with Gasteiger partial charge in [0.25, 0.3) is 10.1 Å². The fourth-order valence-corrected chi connectivity index (χ4v) is 1.80. The molecule has 1 unspecified atom stereocenters. The summed E-state index contributed by atoms with van der Waals surface area (Å²) in [5.74, 6) is 0. The van der Waals surface area contributed by atoms with Crippen LogP contribution in [0.1, 0.15) is 15.8 Å². The topological polar surface area (TPSA) is 54.4 Å². The SMILES string of the molecule is C=Cc1ccccc1C(Cl)S(=O)(=O)O. The lowest BCUT2D eigenvalue weighted by molar-refractivity contribution is 0.480. The summed E-state index contributed by atoms with van der Waals surface area (Å²) in [7, 11) is -4.27. The summed E-state index contributed by atoms with van der Waals surface area (Å²) in [5.41, 5.74) is 0.914. The zero-order valence-electron chi connectivity index (χ0n) is 7.22. The average Bonchev–Trinajstić information content (AvgIpc) is 2.15. The van der Waals surface area contributed by atoms with E-state index in [0.29, 0.717) is 11.1 Å². The van der Waals surface area contributed by atoms with Gasteiger partial charge < -0.3 is 0 Å². The molecule has 0 aliphatic rings. The van der Waals surface area contributed by atoms with E-state index in [0.717, 1.165) is 0 Å². The molecule has 1 aromatic rings. The van der Waals surface area contributed by atoms with Gasteiger partial charge in [0.1, 0.15) is 0 Å². The lowest BCUT2D eigenvalue weighted by Gasteiger charge is -2.09. The number of benzene rings is 1. The van der Waals surface area contributed by atoms with Gasteiger partial charge in [0.05, 0.1) is 0 Å². The summed E-state index contributed by atoms with van der Waals surface area (Å²) in [6, 6.07) is 6.57. The van der Waals surface area contributed by atoms with E-state index in [2.05, 4.69) is 6.58 Å². The van der Waals surface area contributed by atoms with Crippen molar-refractivity contribution in [2.24, 2.45) is 0 Å². The van der Waals surface area contributed by atoms with Crippen molar-refractivity contribution in [3.63, 3.8) is 0 Å². The minimum absolute atomic E-state index is 0.326. The standard InChI is InChI=1S/C9H9ClO3S/c1-2-7-5-3-4-6-8(7)9(10)14(11,12)13/h2-6,9H,1H2,(H,11,12,13). The third-order valence-corrected chi connectivity index (χ3v) is 3.41. The molecule has 0 aliphatic carbocycles. The van der Waals surface area contributed by atoms with Gasteiger partial charge in [0.2, 0.25) is 0 Å². The number of alkyl halides is 1. The van der Waals surface area contributed by atoms with Crippen LogP contribution in [0.2, 0.25) is 0 Å². The molecule has 1 N–H and O–H groups in total. The smallest absolute Gasteiger partial charge is 0.284 e. The van der Waals surface area contributed by atoms with Crippen molar-refractivity contribution in [3.8, 4) is 0 Å². The Labute approximate surface area is 87.8 Å². The van der Waals surface area contributed by atoms with Crippen molar-refractivity contribution in [2.75, 3.05) is 0 Å². The molecule has 0 aromatic heterocycles. The van der Waals surface area contributed by atoms with Crippen molar-refractivity contribution >= 4 is 27.8 Å². The minimum Gasteiger partial charge on any atom is -0.284 e. The van der Waals surface area contributed by atoms with Crippen LogP contribution < -0.4 is 0 Å². The number of halogens is 1. The van der Waals surface area contributed by atoms with Crippen LogP contribution in [0.25, 0.3) is 6.08 Å². The van der Waals surface area contributed by atoms with Crippen molar-refractivity contribution in [1.82, 2.24) is 0 Å². The first kappa shape index (κ1) is 11.2. The molecule has 0 radical (unpaired) electrons. The molecule has 0 spiro atoms. The summed E-state index contributed by atoms with van der Waals surface area (Å²) in [5, 5.41) is 0. The zero-order chi connectivity index (χ0) is 10.8. The van der Waals surface area contributed by atoms with E-state index in [4.69, 9.17) is 16.2 Å². The van der Waals surface area contributed by atoms with Gasteiger partial charge in [-0.15, -0.1) is 0 Å². The highest BCUT2D eigenvalue weighted by atomic mass is 35.5. The van der Waals surface area contributed by atoms with Gasteiger partial charge in [0, 0.05) is 0 Å². The second-order valence-electron chi connectivity index (χ2n) is 2.66. The van der Waals surface area contributed by atoms with Gasteiger partial charge in [-0.25, -0.2) is 0 Å². The molecule has 76 valence electrons. The maximum Gasteiger partial charge on any atom is 0.286 e. The minimum atomic E-state index is -4.27.